The SMILES string of the molecule is COc1cccc(-c2nc(Cn3cnc4c3c(=O)n(C)c(=O)n4C)cs2)c1. The summed E-state index contributed by atoms with van der Waals surface area (Å²) >= 11 is 1.52. The Bertz CT molecular complexity index is 1260. The number of ether oxygens (including phenoxy) is 1. The molecule has 3 aromatic heterocycles. The average Bonchev–Trinajstić information content (AvgIpc) is 3.32. The lowest BCUT2D eigenvalue weighted by atomic mass is 10.2. The molecule has 0 unspecified atom stereocenters. The molecule has 0 bridgehead atoms. The van der Waals surface area contributed by atoms with Gasteiger partial charge in [0.2, 0.25) is 0 Å². The Morgan fingerprint density at radius 2 is 2.00 bits per heavy atom. The fourth-order valence-corrected chi connectivity index (χ4v) is 3.77. The van der Waals surface area contributed by atoms with Crippen molar-refractivity contribution >= 4 is 22.5 Å². The molecule has 0 aliphatic heterocycles. The van der Waals surface area contributed by atoms with Gasteiger partial charge < -0.3 is 9.30 Å². The standard InChI is InChI=1S/C18H17N5O3S/c1-21-15-14(17(24)22(2)18(21)25)23(10-19-15)8-12-9-27-16(20-12)11-5-4-6-13(7-11)26-3/h4-7,9-10H,8H2,1-3H3. The molecule has 27 heavy (non-hydrogen) atoms. The van der Waals surface area contributed by atoms with Crippen molar-refractivity contribution < 1.29 is 4.74 Å². The van der Waals surface area contributed by atoms with Crippen LogP contribution in [0.4, 0.5) is 0 Å². The Hall–Kier alpha value is -3.20. The van der Waals surface area contributed by atoms with Gasteiger partial charge in [0, 0.05) is 25.0 Å². The molecule has 0 N–H and O–H groups in total. The molecule has 0 aliphatic carbocycles. The molecule has 0 aliphatic rings. The third-order valence-corrected chi connectivity index (χ3v) is 5.36. The molecule has 0 amide bonds. The number of aromatic nitrogens is 5. The van der Waals surface area contributed by atoms with Crippen molar-refractivity contribution in [2.24, 2.45) is 14.1 Å². The molecule has 1 aromatic carbocycles. The summed E-state index contributed by atoms with van der Waals surface area (Å²) in [6.45, 7) is 0.393. The van der Waals surface area contributed by atoms with Crippen molar-refractivity contribution in [3.05, 3.63) is 62.5 Å². The minimum absolute atomic E-state index is 0.367. The number of hydrogen-bond acceptors (Lipinski definition) is 6. The molecule has 3 heterocycles. The van der Waals surface area contributed by atoms with E-state index in [-0.39, 0.29) is 5.56 Å². The third-order valence-electron chi connectivity index (χ3n) is 4.42. The average molecular weight is 383 g/mol. The van der Waals surface area contributed by atoms with Gasteiger partial charge in [0.05, 0.1) is 25.7 Å². The van der Waals surface area contributed by atoms with E-state index in [4.69, 9.17) is 4.74 Å². The van der Waals surface area contributed by atoms with Crippen molar-refractivity contribution in [1.82, 2.24) is 23.7 Å². The van der Waals surface area contributed by atoms with Gasteiger partial charge in [0.1, 0.15) is 10.8 Å². The molecule has 9 heteroatoms. The van der Waals surface area contributed by atoms with Crippen LogP contribution in [0.5, 0.6) is 5.75 Å². The van der Waals surface area contributed by atoms with Crippen LogP contribution in [0.3, 0.4) is 0 Å². The van der Waals surface area contributed by atoms with Crippen LogP contribution in [-0.2, 0) is 20.6 Å². The van der Waals surface area contributed by atoms with Gasteiger partial charge in [-0.05, 0) is 12.1 Å². The number of aryl methyl sites for hydroxylation is 1. The van der Waals surface area contributed by atoms with E-state index in [9.17, 15) is 9.59 Å². The zero-order valence-electron chi connectivity index (χ0n) is 15.0. The van der Waals surface area contributed by atoms with Gasteiger partial charge in [-0.3, -0.25) is 13.9 Å². The highest BCUT2D eigenvalue weighted by molar-refractivity contribution is 7.13. The highest BCUT2D eigenvalue weighted by Gasteiger charge is 2.15. The van der Waals surface area contributed by atoms with Crippen LogP contribution in [0.2, 0.25) is 0 Å². The first-order valence-corrected chi connectivity index (χ1v) is 9.07. The molecule has 8 nitrogen and oxygen atoms in total. The fourth-order valence-electron chi connectivity index (χ4n) is 2.96. The Morgan fingerprint density at radius 3 is 2.78 bits per heavy atom. The molecular weight excluding hydrogens is 366 g/mol. The van der Waals surface area contributed by atoms with Gasteiger partial charge in [0.15, 0.2) is 11.2 Å². The number of fused-ring (bicyclic) bond motifs is 1. The second-order valence-electron chi connectivity index (χ2n) is 6.13. The number of methoxy groups -OCH3 is 1. The maximum atomic E-state index is 12.5. The molecular formula is C18H17N5O3S. The summed E-state index contributed by atoms with van der Waals surface area (Å²) in [5, 5.41) is 2.82. The van der Waals surface area contributed by atoms with Crippen LogP contribution < -0.4 is 16.0 Å². The summed E-state index contributed by atoms with van der Waals surface area (Å²) in [5.41, 5.74) is 1.77. The quantitative estimate of drug-likeness (QED) is 0.535. The Kier molecular flexibility index (Phi) is 4.15. The van der Waals surface area contributed by atoms with Crippen molar-refractivity contribution in [2.45, 2.75) is 6.54 Å². The summed E-state index contributed by atoms with van der Waals surface area (Å²) in [6.07, 6.45) is 1.57. The molecule has 0 saturated heterocycles. The summed E-state index contributed by atoms with van der Waals surface area (Å²) in [4.78, 5) is 33.5. The second kappa shape index (κ2) is 6.51. The first-order chi connectivity index (χ1) is 13.0. The largest absolute Gasteiger partial charge is 0.497 e. The van der Waals surface area contributed by atoms with Crippen molar-refractivity contribution in [3.63, 3.8) is 0 Å². The lowest BCUT2D eigenvalue weighted by Crippen LogP contribution is -2.37. The minimum atomic E-state index is -0.397. The van der Waals surface area contributed by atoms with Crippen molar-refractivity contribution in [2.75, 3.05) is 7.11 Å². The van der Waals surface area contributed by atoms with Gasteiger partial charge in [-0.1, -0.05) is 12.1 Å². The van der Waals surface area contributed by atoms with E-state index in [0.717, 1.165) is 26.6 Å². The van der Waals surface area contributed by atoms with E-state index in [1.807, 2.05) is 29.6 Å². The topological polar surface area (TPSA) is 83.9 Å². The fraction of sp³-hybridized carbons (Fsp3) is 0.222. The number of benzene rings is 1. The number of nitrogens with zero attached hydrogens (tertiary/aromatic N) is 5. The molecule has 0 radical (unpaired) electrons. The van der Waals surface area contributed by atoms with E-state index in [0.29, 0.717) is 17.7 Å². The summed E-state index contributed by atoms with van der Waals surface area (Å²) in [6, 6.07) is 7.71. The van der Waals surface area contributed by atoms with Gasteiger partial charge in [-0.2, -0.15) is 0 Å². The van der Waals surface area contributed by atoms with Crippen LogP contribution in [0.1, 0.15) is 5.69 Å². The van der Waals surface area contributed by atoms with Crippen LogP contribution in [0.15, 0.2) is 45.6 Å². The van der Waals surface area contributed by atoms with E-state index in [2.05, 4.69) is 9.97 Å². The molecule has 138 valence electrons. The molecule has 0 saturated carbocycles. The van der Waals surface area contributed by atoms with Crippen LogP contribution in [-0.4, -0.2) is 30.8 Å². The van der Waals surface area contributed by atoms with Gasteiger partial charge >= 0.3 is 5.69 Å². The Balaban J connectivity index is 1.73. The van der Waals surface area contributed by atoms with Crippen LogP contribution in [0, 0.1) is 0 Å². The Labute approximate surface area is 157 Å². The van der Waals surface area contributed by atoms with Crippen LogP contribution >= 0.6 is 11.3 Å². The van der Waals surface area contributed by atoms with Gasteiger partial charge in [-0.25, -0.2) is 14.8 Å². The summed E-state index contributed by atoms with van der Waals surface area (Å²) in [7, 11) is 4.70. The molecule has 4 rings (SSSR count). The smallest absolute Gasteiger partial charge is 0.332 e. The maximum Gasteiger partial charge on any atom is 0.332 e. The summed E-state index contributed by atoms with van der Waals surface area (Å²) < 4.78 is 9.44. The first kappa shape index (κ1) is 17.2. The molecule has 0 fully saturated rings. The lowest BCUT2D eigenvalue weighted by Gasteiger charge is -2.05. The second-order valence-corrected chi connectivity index (χ2v) is 6.98. The molecule has 0 atom stereocenters. The monoisotopic (exact) mass is 383 g/mol. The number of thiazole rings is 1. The van der Waals surface area contributed by atoms with Gasteiger partial charge in [-0.15, -0.1) is 11.3 Å². The zero-order valence-corrected chi connectivity index (χ0v) is 15.9. The zero-order chi connectivity index (χ0) is 19.1. The minimum Gasteiger partial charge on any atom is -0.497 e. The number of rotatable bonds is 4. The maximum absolute atomic E-state index is 12.5. The van der Waals surface area contributed by atoms with E-state index < -0.39 is 5.69 Å². The normalized spacial score (nSPS) is 11.2. The third kappa shape index (κ3) is 2.85. The molecule has 4 aromatic rings. The highest BCUT2D eigenvalue weighted by atomic mass is 32.1. The predicted molar refractivity (Wildman–Crippen MR) is 103 cm³/mol. The highest BCUT2D eigenvalue weighted by Crippen LogP contribution is 2.27. The van der Waals surface area contributed by atoms with E-state index in [1.165, 1.54) is 23.0 Å². The Morgan fingerprint density at radius 1 is 1.19 bits per heavy atom. The number of hydrogen-bond donors (Lipinski definition) is 0. The number of imidazole rings is 1. The molecule has 0 spiro atoms. The first-order valence-electron chi connectivity index (χ1n) is 8.19. The van der Waals surface area contributed by atoms with Crippen molar-refractivity contribution in [3.8, 4) is 16.3 Å². The van der Waals surface area contributed by atoms with Gasteiger partial charge in [0.25, 0.3) is 5.56 Å². The van der Waals surface area contributed by atoms with Crippen LogP contribution in [0.25, 0.3) is 21.7 Å². The summed E-state index contributed by atoms with van der Waals surface area (Å²) in [5.74, 6) is 0.772. The van der Waals surface area contributed by atoms with E-state index >= 15 is 0 Å². The van der Waals surface area contributed by atoms with E-state index in [1.54, 1.807) is 25.1 Å². The predicted octanol–water partition coefficient (Wildman–Crippen LogP) is 1.61. The lowest BCUT2D eigenvalue weighted by molar-refractivity contribution is 0.415. The van der Waals surface area contributed by atoms with Crippen molar-refractivity contribution in [1.29, 1.82) is 0 Å².